The lowest BCUT2D eigenvalue weighted by atomic mass is 10.2. The number of nitrogens with zero attached hydrogens (tertiary/aromatic N) is 2. The van der Waals surface area contributed by atoms with Gasteiger partial charge in [-0.15, -0.1) is 0 Å². The van der Waals surface area contributed by atoms with E-state index in [-0.39, 0.29) is 16.5 Å². The molecule has 0 spiro atoms. The quantitative estimate of drug-likeness (QED) is 0.622. The van der Waals surface area contributed by atoms with E-state index >= 15 is 0 Å². The van der Waals surface area contributed by atoms with Gasteiger partial charge < -0.3 is 4.57 Å². The highest BCUT2D eigenvalue weighted by Crippen LogP contribution is 2.19. The van der Waals surface area contributed by atoms with Crippen LogP contribution in [0.15, 0.2) is 65.8 Å². The summed E-state index contributed by atoms with van der Waals surface area (Å²) in [6, 6.07) is 13.1. The summed E-state index contributed by atoms with van der Waals surface area (Å²) in [6.45, 7) is 0.848. The fourth-order valence-electron chi connectivity index (χ4n) is 2.52. The van der Waals surface area contributed by atoms with E-state index in [2.05, 4.69) is 9.71 Å². The van der Waals surface area contributed by atoms with Gasteiger partial charge in [0.2, 0.25) is 10.0 Å². The van der Waals surface area contributed by atoms with Crippen molar-refractivity contribution in [2.24, 2.45) is 0 Å². The first-order valence-corrected chi connectivity index (χ1v) is 9.85. The van der Waals surface area contributed by atoms with E-state index in [1.165, 1.54) is 6.07 Å². The van der Waals surface area contributed by atoms with Gasteiger partial charge in [-0.2, -0.15) is 0 Å². The molecule has 0 saturated carbocycles. The Labute approximate surface area is 156 Å². The lowest BCUT2D eigenvalue weighted by Gasteiger charge is -2.10. The van der Waals surface area contributed by atoms with Crippen molar-refractivity contribution in [1.82, 2.24) is 14.3 Å². The maximum Gasteiger partial charge on any atom is 0.240 e. The lowest BCUT2D eigenvalue weighted by Crippen LogP contribution is -2.25. The number of hydrogen-bond acceptors (Lipinski definition) is 3. The summed E-state index contributed by atoms with van der Waals surface area (Å²) in [5.74, 6) is 0.179. The van der Waals surface area contributed by atoms with Gasteiger partial charge in [0.1, 0.15) is 11.6 Å². The molecule has 26 heavy (non-hydrogen) atoms. The van der Waals surface area contributed by atoms with Crippen LogP contribution < -0.4 is 4.72 Å². The van der Waals surface area contributed by atoms with Crippen LogP contribution in [0.2, 0.25) is 5.02 Å². The van der Waals surface area contributed by atoms with E-state index in [4.69, 9.17) is 11.6 Å². The second-order valence-electron chi connectivity index (χ2n) is 5.64. The van der Waals surface area contributed by atoms with Crippen molar-refractivity contribution in [3.8, 4) is 11.4 Å². The van der Waals surface area contributed by atoms with Crippen LogP contribution in [0.3, 0.4) is 0 Å². The van der Waals surface area contributed by atoms with E-state index in [9.17, 15) is 12.8 Å². The van der Waals surface area contributed by atoms with E-state index in [1.807, 2.05) is 41.1 Å². The topological polar surface area (TPSA) is 64.0 Å². The number of benzene rings is 2. The molecule has 136 valence electrons. The molecule has 0 saturated heterocycles. The predicted octanol–water partition coefficient (Wildman–Crippen LogP) is 3.71. The molecule has 0 aliphatic heterocycles. The zero-order chi connectivity index (χ0) is 18.6. The third-order valence-corrected chi connectivity index (χ3v) is 5.57. The number of rotatable bonds is 7. The molecular formula is C18H17ClFN3O2S. The van der Waals surface area contributed by atoms with Crippen molar-refractivity contribution >= 4 is 21.6 Å². The number of sulfonamides is 1. The number of aryl methyl sites for hydroxylation is 1. The Morgan fingerprint density at radius 2 is 1.92 bits per heavy atom. The molecule has 0 radical (unpaired) electrons. The molecule has 0 bridgehead atoms. The van der Waals surface area contributed by atoms with Crippen molar-refractivity contribution in [2.45, 2.75) is 17.9 Å². The van der Waals surface area contributed by atoms with Crippen LogP contribution in [0.25, 0.3) is 11.4 Å². The molecule has 1 aromatic heterocycles. The Morgan fingerprint density at radius 3 is 2.65 bits per heavy atom. The Kier molecular flexibility index (Phi) is 5.70. The molecule has 1 N–H and O–H groups in total. The fraction of sp³-hybridized carbons (Fsp3) is 0.167. The van der Waals surface area contributed by atoms with Crippen LogP contribution in [-0.2, 0) is 16.6 Å². The molecule has 3 aromatic rings. The Balaban J connectivity index is 1.59. The van der Waals surface area contributed by atoms with Crippen LogP contribution in [0, 0.1) is 5.82 Å². The summed E-state index contributed by atoms with van der Waals surface area (Å²) >= 11 is 5.65. The van der Waals surface area contributed by atoms with Gasteiger partial charge in [-0.25, -0.2) is 22.5 Å². The second kappa shape index (κ2) is 7.99. The normalized spacial score (nSPS) is 11.6. The molecule has 2 aromatic carbocycles. The van der Waals surface area contributed by atoms with Crippen molar-refractivity contribution in [2.75, 3.05) is 6.54 Å². The highest BCUT2D eigenvalue weighted by molar-refractivity contribution is 7.89. The predicted molar refractivity (Wildman–Crippen MR) is 98.9 cm³/mol. The monoisotopic (exact) mass is 393 g/mol. The highest BCUT2D eigenvalue weighted by Gasteiger charge is 2.15. The maximum absolute atomic E-state index is 13.2. The van der Waals surface area contributed by atoms with Gasteiger partial charge in [-0.1, -0.05) is 41.9 Å². The number of aromatic nitrogens is 2. The summed E-state index contributed by atoms with van der Waals surface area (Å²) in [5, 5.41) is -0.223. The lowest BCUT2D eigenvalue weighted by molar-refractivity contribution is 0.570. The van der Waals surface area contributed by atoms with Gasteiger partial charge in [0.15, 0.2) is 0 Å². The van der Waals surface area contributed by atoms with E-state index < -0.39 is 15.8 Å². The second-order valence-corrected chi connectivity index (χ2v) is 7.81. The minimum atomic E-state index is -3.73. The molecule has 0 unspecified atom stereocenters. The average Bonchev–Trinajstić information content (AvgIpc) is 3.10. The summed E-state index contributed by atoms with van der Waals surface area (Å²) in [6.07, 6.45) is 4.15. The molecule has 0 atom stereocenters. The van der Waals surface area contributed by atoms with Gasteiger partial charge in [-0.3, -0.25) is 0 Å². The third kappa shape index (κ3) is 4.30. The zero-order valence-electron chi connectivity index (χ0n) is 13.8. The Bertz CT molecular complexity index is 991. The van der Waals surface area contributed by atoms with Gasteiger partial charge >= 0.3 is 0 Å². The van der Waals surface area contributed by atoms with Crippen LogP contribution in [0.4, 0.5) is 4.39 Å². The molecule has 5 nitrogen and oxygen atoms in total. The summed E-state index contributed by atoms with van der Waals surface area (Å²) in [5.41, 5.74) is 0.999. The molecule has 0 aliphatic rings. The van der Waals surface area contributed by atoms with Crippen molar-refractivity contribution in [3.63, 3.8) is 0 Å². The molecule has 0 aliphatic carbocycles. The van der Waals surface area contributed by atoms with Crippen LogP contribution in [0.5, 0.6) is 0 Å². The van der Waals surface area contributed by atoms with Crippen molar-refractivity contribution < 1.29 is 12.8 Å². The van der Waals surface area contributed by atoms with Crippen LogP contribution >= 0.6 is 11.6 Å². The molecular weight excluding hydrogens is 377 g/mol. The van der Waals surface area contributed by atoms with Gasteiger partial charge in [0.25, 0.3) is 0 Å². The first kappa shape index (κ1) is 18.6. The standard InChI is InChI=1S/C18H17ClFN3O2S/c19-16-13-15(7-8-17(16)20)26(24,25)22-9-4-11-23-12-10-21-18(23)14-5-2-1-3-6-14/h1-3,5-8,10,12-13,22H,4,9,11H2. The summed E-state index contributed by atoms with van der Waals surface area (Å²) in [4.78, 5) is 4.29. The number of nitrogens with one attached hydrogen (secondary N) is 1. The maximum atomic E-state index is 13.2. The largest absolute Gasteiger partial charge is 0.331 e. The highest BCUT2D eigenvalue weighted by atomic mass is 35.5. The number of hydrogen-bond donors (Lipinski definition) is 1. The molecule has 0 amide bonds. The Morgan fingerprint density at radius 1 is 1.15 bits per heavy atom. The third-order valence-electron chi connectivity index (χ3n) is 3.82. The molecule has 8 heteroatoms. The Hall–Kier alpha value is -2.22. The first-order valence-electron chi connectivity index (χ1n) is 7.98. The van der Waals surface area contributed by atoms with E-state index in [0.717, 1.165) is 23.5 Å². The SMILES string of the molecule is O=S(=O)(NCCCn1ccnc1-c1ccccc1)c1ccc(F)c(Cl)c1. The summed E-state index contributed by atoms with van der Waals surface area (Å²) < 4.78 is 42.1. The minimum absolute atomic E-state index is 0.0588. The van der Waals surface area contributed by atoms with Gasteiger partial charge in [-0.05, 0) is 24.6 Å². The first-order chi connectivity index (χ1) is 12.5. The van der Waals surface area contributed by atoms with Crippen LogP contribution in [0.1, 0.15) is 6.42 Å². The van der Waals surface area contributed by atoms with E-state index in [0.29, 0.717) is 13.0 Å². The molecule has 0 fully saturated rings. The fourth-order valence-corrected chi connectivity index (χ4v) is 3.87. The summed E-state index contributed by atoms with van der Waals surface area (Å²) in [7, 11) is -3.73. The smallest absolute Gasteiger partial charge is 0.240 e. The van der Waals surface area contributed by atoms with Gasteiger partial charge in [0, 0.05) is 31.0 Å². The molecule has 1 heterocycles. The molecule has 3 rings (SSSR count). The van der Waals surface area contributed by atoms with E-state index in [1.54, 1.807) is 6.20 Å². The number of halogens is 2. The van der Waals surface area contributed by atoms with Gasteiger partial charge in [0.05, 0.1) is 9.92 Å². The zero-order valence-corrected chi connectivity index (χ0v) is 15.3. The minimum Gasteiger partial charge on any atom is -0.331 e. The number of imidazole rings is 1. The van der Waals surface area contributed by atoms with Crippen LogP contribution in [-0.4, -0.2) is 24.5 Å². The average molecular weight is 394 g/mol. The van der Waals surface area contributed by atoms with Crippen molar-refractivity contribution in [3.05, 3.63) is 71.8 Å². The van der Waals surface area contributed by atoms with Crippen molar-refractivity contribution in [1.29, 1.82) is 0 Å².